The Kier molecular flexibility index (Phi) is 7.01. The highest BCUT2D eigenvalue weighted by Gasteiger charge is 2.23. The van der Waals surface area contributed by atoms with E-state index in [1.54, 1.807) is 24.3 Å². The standard InChI is InChI=1S/C19H13Cl3N4O4S/c20-13-6-5-12(16(22)9-13)11-23-24-18-8-7-14(26(27)28)10-19(18)31(29,30)25-17-4-2-1-3-15(17)21/h1-11,24-25H/b23-11-. The van der Waals surface area contributed by atoms with Crippen LogP contribution in [0.3, 0.4) is 0 Å². The van der Waals surface area contributed by atoms with Gasteiger partial charge in [0, 0.05) is 22.7 Å². The highest BCUT2D eigenvalue weighted by molar-refractivity contribution is 7.93. The van der Waals surface area contributed by atoms with Gasteiger partial charge in [0.2, 0.25) is 0 Å². The first-order chi connectivity index (χ1) is 14.7. The van der Waals surface area contributed by atoms with Crippen LogP contribution in [-0.4, -0.2) is 19.6 Å². The van der Waals surface area contributed by atoms with Gasteiger partial charge in [0.15, 0.2) is 0 Å². The van der Waals surface area contributed by atoms with E-state index in [1.807, 2.05) is 0 Å². The van der Waals surface area contributed by atoms with Gasteiger partial charge in [-0.25, -0.2) is 8.42 Å². The van der Waals surface area contributed by atoms with Gasteiger partial charge in [-0.2, -0.15) is 5.10 Å². The number of nitro benzene ring substituents is 1. The van der Waals surface area contributed by atoms with Crippen LogP contribution < -0.4 is 10.1 Å². The number of sulfonamides is 1. The summed E-state index contributed by atoms with van der Waals surface area (Å²) in [7, 11) is -4.25. The number of nitrogens with zero attached hydrogens (tertiary/aromatic N) is 2. The highest BCUT2D eigenvalue weighted by atomic mass is 35.5. The fourth-order valence-electron chi connectivity index (χ4n) is 2.46. The van der Waals surface area contributed by atoms with Gasteiger partial charge in [0.25, 0.3) is 15.7 Å². The molecular weight excluding hydrogens is 487 g/mol. The molecular formula is C19H13Cl3N4O4S. The van der Waals surface area contributed by atoms with E-state index in [4.69, 9.17) is 34.8 Å². The smallest absolute Gasteiger partial charge is 0.270 e. The predicted octanol–water partition coefficient (Wildman–Crippen LogP) is 5.80. The molecule has 2 N–H and O–H groups in total. The number of nitro groups is 1. The summed E-state index contributed by atoms with van der Waals surface area (Å²) in [5.74, 6) is 0. The lowest BCUT2D eigenvalue weighted by Gasteiger charge is -2.13. The second-order valence-electron chi connectivity index (χ2n) is 6.06. The van der Waals surface area contributed by atoms with Crippen molar-refractivity contribution in [2.75, 3.05) is 10.1 Å². The van der Waals surface area contributed by atoms with E-state index in [9.17, 15) is 18.5 Å². The fraction of sp³-hybridized carbons (Fsp3) is 0. The molecule has 31 heavy (non-hydrogen) atoms. The van der Waals surface area contributed by atoms with Crippen molar-refractivity contribution in [3.05, 3.63) is 91.4 Å². The molecule has 0 fully saturated rings. The number of hydrogen-bond acceptors (Lipinski definition) is 6. The second kappa shape index (κ2) is 9.52. The lowest BCUT2D eigenvalue weighted by atomic mass is 10.2. The summed E-state index contributed by atoms with van der Waals surface area (Å²) >= 11 is 18.0. The first kappa shape index (κ1) is 22.8. The SMILES string of the molecule is O=[N+]([O-])c1ccc(N/N=C\c2ccc(Cl)cc2Cl)c(S(=O)(=O)Nc2ccccc2Cl)c1. The number of hydrazone groups is 1. The van der Waals surface area contributed by atoms with E-state index in [2.05, 4.69) is 15.2 Å². The van der Waals surface area contributed by atoms with Crippen molar-refractivity contribution in [2.24, 2.45) is 5.10 Å². The molecule has 0 amide bonds. The van der Waals surface area contributed by atoms with Crippen LogP contribution in [-0.2, 0) is 10.0 Å². The van der Waals surface area contributed by atoms with Gasteiger partial charge in [0.05, 0.1) is 32.6 Å². The van der Waals surface area contributed by atoms with Gasteiger partial charge in [-0.05, 0) is 30.3 Å². The largest absolute Gasteiger partial charge is 0.278 e. The monoisotopic (exact) mass is 498 g/mol. The quantitative estimate of drug-likeness (QED) is 0.242. The van der Waals surface area contributed by atoms with Gasteiger partial charge >= 0.3 is 0 Å². The van der Waals surface area contributed by atoms with Crippen LogP contribution in [0.2, 0.25) is 15.1 Å². The molecule has 0 bridgehead atoms. The van der Waals surface area contributed by atoms with Gasteiger partial charge in [-0.15, -0.1) is 0 Å². The molecule has 8 nitrogen and oxygen atoms in total. The summed E-state index contributed by atoms with van der Waals surface area (Å²) in [5, 5.41) is 16.1. The summed E-state index contributed by atoms with van der Waals surface area (Å²) in [5.41, 5.74) is 2.83. The Labute approximate surface area is 192 Å². The summed E-state index contributed by atoms with van der Waals surface area (Å²) in [6.45, 7) is 0. The van der Waals surface area contributed by atoms with Crippen molar-refractivity contribution in [2.45, 2.75) is 4.90 Å². The lowest BCUT2D eigenvalue weighted by molar-refractivity contribution is -0.385. The van der Waals surface area contributed by atoms with E-state index in [0.717, 1.165) is 12.1 Å². The number of anilines is 2. The van der Waals surface area contributed by atoms with E-state index in [1.165, 1.54) is 30.5 Å². The summed E-state index contributed by atoms with van der Waals surface area (Å²) < 4.78 is 28.2. The maximum atomic E-state index is 13.0. The molecule has 0 radical (unpaired) electrons. The Hall–Kier alpha value is -2.85. The number of rotatable bonds is 7. The van der Waals surface area contributed by atoms with Crippen molar-refractivity contribution in [3.8, 4) is 0 Å². The Morgan fingerprint density at radius 2 is 1.68 bits per heavy atom. The molecule has 3 aromatic carbocycles. The minimum absolute atomic E-state index is 0.00601. The van der Waals surface area contributed by atoms with Crippen LogP contribution in [0.1, 0.15) is 5.56 Å². The van der Waals surface area contributed by atoms with Crippen molar-refractivity contribution >= 4 is 68.1 Å². The third kappa shape index (κ3) is 5.65. The third-order valence-corrected chi connectivity index (χ3v) is 6.23. The molecule has 12 heteroatoms. The van der Waals surface area contributed by atoms with E-state index >= 15 is 0 Å². The van der Waals surface area contributed by atoms with Gasteiger partial charge in [-0.3, -0.25) is 20.3 Å². The van der Waals surface area contributed by atoms with E-state index < -0.39 is 20.6 Å². The van der Waals surface area contributed by atoms with E-state index in [0.29, 0.717) is 15.6 Å². The predicted molar refractivity (Wildman–Crippen MR) is 123 cm³/mol. The molecule has 0 aliphatic heterocycles. The van der Waals surface area contributed by atoms with Gasteiger partial charge in [0.1, 0.15) is 4.90 Å². The molecule has 0 unspecified atom stereocenters. The first-order valence-electron chi connectivity index (χ1n) is 8.47. The molecule has 0 aromatic heterocycles. The van der Waals surface area contributed by atoms with Crippen LogP contribution in [0.5, 0.6) is 0 Å². The molecule has 0 saturated heterocycles. The van der Waals surface area contributed by atoms with Crippen molar-refractivity contribution in [1.82, 2.24) is 0 Å². The highest BCUT2D eigenvalue weighted by Crippen LogP contribution is 2.30. The number of para-hydroxylation sites is 1. The molecule has 3 rings (SSSR count). The number of non-ortho nitro benzene ring substituents is 1. The normalized spacial score (nSPS) is 11.5. The topological polar surface area (TPSA) is 114 Å². The van der Waals surface area contributed by atoms with Crippen LogP contribution >= 0.6 is 34.8 Å². The Morgan fingerprint density at radius 1 is 0.935 bits per heavy atom. The fourth-order valence-corrected chi connectivity index (χ4v) is 4.41. The molecule has 0 aliphatic rings. The summed E-state index contributed by atoms with van der Waals surface area (Å²) in [6, 6.07) is 14.3. The second-order valence-corrected chi connectivity index (χ2v) is 8.96. The van der Waals surface area contributed by atoms with E-state index in [-0.39, 0.29) is 21.3 Å². The number of hydrogen-bond donors (Lipinski definition) is 2. The average Bonchev–Trinajstić information content (AvgIpc) is 2.71. The molecule has 0 aliphatic carbocycles. The van der Waals surface area contributed by atoms with Crippen molar-refractivity contribution in [3.63, 3.8) is 0 Å². The molecule has 3 aromatic rings. The minimum atomic E-state index is -4.25. The lowest BCUT2D eigenvalue weighted by Crippen LogP contribution is -2.15. The first-order valence-corrected chi connectivity index (χ1v) is 11.1. The maximum Gasteiger partial charge on any atom is 0.270 e. The molecule has 0 spiro atoms. The molecule has 0 atom stereocenters. The van der Waals surface area contributed by atoms with Crippen LogP contribution in [0.15, 0.2) is 70.7 Å². The minimum Gasteiger partial charge on any atom is -0.278 e. The number of nitrogens with one attached hydrogen (secondary N) is 2. The zero-order chi connectivity index (χ0) is 22.6. The van der Waals surface area contributed by atoms with Crippen molar-refractivity contribution < 1.29 is 13.3 Å². The molecule has 0 heterocycles. The Morgan fingerprint density at radius 3 is 2.35 bits per heavy atom. The number of halogens is 3. The summed E-state index contributed by atoms with van der Waals surface area (Å²) in [4.78, 5) is 10.1. The van der Waals surface area contributed by atoms with Crippen molar-refractivity contribution in [1.29, 1.82) is 0 Å². The Balaban J connectivity index is 1.96. The number of benzene rings is 3. The zero-order valence-corrected chi connectivity index (χ0v) is 18.5. The third-order valence-electron chi connectivity index (χ3n) is 3.93. The summed E-state index contributed by atoms with van der Waals surface area (Å²) in [6.07, 6.45) is 1.36. The Bertz CT molecular complexity index is 1280. The zero-order valence-electron chi connectivity index (χ0n) is 15.4. The van der Waals surface area contributed by atoms with Gasteiger partial charge in [-0.1, -0.05) is 53.0 Å². The molecule has 160 valence electrons. The maximum absolute atomic E-state index is 13.0. The van der Waals surface area contributed by atoms with Crippen LogP contribution in [0, 0.1) is 10.1 Å². The van der Waals surface area contributed by atoms with Crippen LogP contribution in [0.4, 0.5) is 17.1 Å². The average molecular weight is 500 g/mol. The van der Waals surface area contributed by atoms with Crippen LogP contribution in [0.25, 0.3) is 0 Å². The van der Waals surface area contributed by atoms with Gasteiger partial charge < -0.3 is 0 Å². The molecule has 0 saturated carbocycles.